The zero-order chi connectivity index (χ0) is 42.1. The SMILES string of the molecule is CC/C=C\C/C=C\C/C=C\C/C=C\CCCCCCCCC(=O)OC(COC(=O)CCCCC/C=C\C/C=C\C/C=C\CC)COC(OCC[N+](C)(C)C)C(=O)[O-]. The number of aliphatic carboxylic acids is 1. The van der Waals surface area contributed by atoms with Crippen LogP contribution in [0.4, 0.5) is 0 Å². The largest absolute Gasteiger partial charge is 0.545 e. The van der Waals surface area contributed by atoms with Crippen LogP contribution in [0.5, 0.6) is 0 Å². The molecule has 0 radical (unpaired) electrons. The number of hydrogen-bond acceptors (Lipinski definition) is 8. The molecule has 324 valence electrons. The average molecular weight is 798 g/mol. The highest BCUT2D eigenvalue weighted by molar-refractivity contribution is 5.70. The van der Waals surface area contributed by atoms with Gasteiger partial charge in [-0.15, -0.1) is 0 Å². The second kappa shape index (κ2) is 39.3. The number of likely N-dealkylation sites (N-methyl/N-ethyl adjacent to an activating group) is 1. The number of carbonyl (C=O) groups is 3. The summed E-state index contributed by atoms with van der Waals surface area (Å²) in [4.78, 5) is 36.9. The van der Waals surface area contributed by atoms with Gasteiger partial charge in [0.1, 0.15) is 13.2 Å². The Hall–Kier alpha value is -3.53. The van der Waals surface area contributed by atoms with Crippen molar-refractivity contribution in [1.82, 2.24) is 0 Å². The first kappa shape index (κ1) is 53.5. The van der Waals surface area contributed by atoms with Crippen LogP contribution in [0.15, 0.2) is 85.1 Å². The van der Waals surface area contributed by atoms with Gasteiger partial charge in [0.2, 0.25) is 0 Å². The number of carbonyl (C=O) groups excluding carboxylic acids is 3. The van der Waals surface area contributed by atoms with E-state index in [9.17, 15) is 19.5 Å². The third-order valence-electron chi connectivity index (χ3n) is 8.64. The van der Waals surface area contributed by atoms with E-state index in [4.69, 9.17) is 18.9 Å². The summed E-state index contributed by atoms with van der Waals surface area (Å²) < 4.78 is 22.5. The number of unbranched alkanes of at least 4 members (excludes halogenated alkanes) is 9. The topological polar surface area (TPSA) is 111 Å². The lowest BCUT2D eigenvalue weighted by atomic mass is 10.1. The smallest absolute Gasteiger partial charge is 0.306 e. The maximum atomic E-state index is 12.7. The molecule has 9 heteroatoms. The second-order valence-corrected chi connectivity index (χ2v) is 15.2. The number of carboxylic acid groups (broad SMARTS) is 1. The van der Waals surface area contributed by atoms with Crippen LogP contribution in [-0.4, -0.2) is 82.3 Å². The highest BCUT2D eigenvalue weighted by Gasteiger charge is 2.21. The number of esters is 2. The predicted octanol–water partition coefficient (Wildman–Crippen LogP) is 9.99. The zero-order valence-electron chi connectivity index (χ0n) is 36.4. The lowest BCUT2D eigenvalue weighted by Gasteiger charge is -2.26. The van der Waals surface area contributed by atoms with Gasteiger partial charge in [0, 0.05) is 12.8 Å². The lowest BCUT2D eigenvalue weighted by Crippen LogP contribution is -2.44. The van der Waals surface area contributed by atoms with E-state index in [1.54, 1.807) is 0 Å². The first-order valence-corrected chi connectivity index (χ1v) is 21.7. The van der Waals surface area contributed by atoms with Crippen molar-refractivity contribution in [2.45, 2.75) is 155 Å². The Morgan fingerprint density at radius 3 is 1.42 bits per heavy atom. The van der Waals surface area contributed by atoms with Gasteiger partial charge >= 0.3 is 11.9 Å². The number of allylic oxidation sites excluding steroid dienone is 14. The second-order valence-electron chi connectivity index (χ2n) is 15.2. The summed E-state index contributed by atoms with van der Waals surface area (Å²) in [6.07, 6.45) is 46.2. The summed E-state index contributed by atoms with van der Waals surface area (Å²) in [5.41, 5.74) is 0. The van der Waals surface area contributed by atoms with Crippen molar-refractivity contribution in [2.24, 2.45) is 0 Å². The van der Waals surface area contributed by atoms with Crippen LogP contribution in [0.1, 0.15) is 142 Å². The van der Waals surface area contributed by atoms with Crippen molar-refractivity contribution in [2.75, 3.05) is 47.5 Å². The number of hydrogen-bond donors (Lipinski definition) is 0. The van der Waals surface area contributed by atoms with E-state index in [0.29, 0.717) is 23.9 Å². The van der Waals surface area contributed by atoms with Crippen LogP contribution in [-0.2, 0) is 33.3 Å². The molecular weight excluding hydrogens is 719 g/mol. The first-order valence-electron chi connectivity index (χ1n) is 21.7. The molecule has 0 aromatic rings. The van der Waals surface area contributed by atoms with Crippen molar-refractivity contribution >= 4 is 17.9 Å². The fraction of sp³-hybridized carbons (Fsp3) is 0.646. The normalized spacial score (nSPS) is 13.8. The summed E-state index contributed by atoms with van der Waals surface area (Å²) >= 11 is 0. The Morgan fingerprint density at radius 2 is 0.947 bits per heavy atom. The molecule has 2 unspecified atom stereocenters. The van der Waals surface area contributed by atoms with Crippen LogP contribution in [0.2, 0.25) is 0 Å². The lowest BCUT2D eigenvalue weighted by molar-refractivity contribution is -0.870. The molecule has 0 saturated heterocycles. The Kier molecular flexibility index (Phi) is 36.9. The molecule has 0 aliphatic heterocycles. The average Bonchev–Trinajstić information content (AvgIpc) is 3.17. The minimum Gasteiger partial charge on any atom is -0.545 e. The molecule has 0 aromatic heterocycles. The summed E-state index contributed by atoms with van der Waals surface area (Å²) in [6, 6.07) is 0. The van der Waals surface area contributed by atoms with Gasteiger partial charge in [-0.25, -0.2) is 0 Å². The highest BCUT2D eigenvalue weighted by Crippen LogP contribution is 2.12. The Labute approximate surface area is 347 Å². The van der Waals surface area contributed by atoms with E-state index in [1.165, 1.54) is 0 Å². The van der Waals surface area contributed by atoms with E-state index in [1.807, 2.05) is 21.1 Å². The predicted molar refractivity (Wildman–Crippen MR) is 232 cm³/mol. The highest BCUT2D eigenvalue weighted by atomic mass is 16.7. The van der Waals surface area contributed by atoms with Gasteiger partial charge in [-0.3, -0.25) is 9.59 Å². The van der Waals surface area contributed by atoms with Gasteiger partial charge in [-0.05, 0) is 83.5 Å². The summed E-state index contributed by atoms with van der Waals surface area (Å²) in [5, 5.41) is 11.7. The summed E-state index contributed by atoms with van der Waals surface area (Å²) in [6.45, 7) is 4.42. The van der Waals surface area contributed by atoms with Gasteiger partial charge in [-0.1, -0.05) is 131 Å². The minimum atomic E-state index is -1.63. The molecule has 0 aromatic carbocycles. The molecule has 0 rings (SSSR count). The molecule has 2 atom stereocenters. The molecule has 0 fully saturated rings. The monoisotopic (exact) mass is 798 g/mol. The third kappa shape index (κ3) is 40.5. The van der Waals surface area contributed by atoms with E-state index in [0.717, 1.165) is 103 Å². The fourth-order valence-electron chi connectivity index (χ4n) is 5.30. The van der Waals surface area contributed by atoms with Gasteiger partial charge in [-0.2, -0.15) is 0 Å². The van der Waals surface area contributed by atoms with Gasteiger partial charge in [0.15, 0.2) is 12.4 Å². The van der Waals surface area contributed by atoms with Crippen LogP contribution in [0, 0.1) is 0 Å². The molecule has 0 bridgehead atoms. The number of ether oxygens (including phenoxy) is 4. The van der Waals surface area contributed by atoms with Crippen molar-refractivity contribution in [3.63, 3.8) is 0 Å². The van der Waals surface area contributed by atoms with Crippen molar-refractivity contribution in [3.05, 3.63) is 85.1 Å². The van der Waals surface area contributed by atoms with E-state index >= 15 is 0 Å². The number of quaternary nitrogens is 1. The molecule has 0 heterocycles. The maximum absolute atomic E-state index is 12.7. The standard InChI is InChI=1S/C48H79NO8/c1-6-8-10-12-14-16-18-20-21-22-23-24-25-27-29-31-33-35-37-39-46(51)57-44(43-56-48(47(52)53)54-41-40-49(3,4)5)42-55-45(50)38-36-34-32-30-28-26-19-17-15-13-11-9-7-2/h8-11,14-17,20-21,23-24,26,28,44,48H,6-7,12-13,18-19,22,25,27,29-43H2,1-5H3/b10-8-,11-9-,16-14-,17-15-,21-20-,24-23-,28-26-. The zero-order valence-corrected chi connectivity index (χ0v) is 36.4. The van der Waals surface area contributed by atoms with Gasteiger partial charge < -0.3 is 33.3 Å². The van der Waals surface area contributed by atoms with Crippen molar-refractivity contribution in [1.29, 1.82) is 0 Å². The maximum Gasteiger partial charge on any atom is 0.306 e. The minimum absolute atomic E-state index is 0.135. The molecule has 0 saturated carbocycles. The molecule has 9 nitrogen and oxygen atoms in total. The van der Waals surface area contributed by atoms with Crippen LogP contribution in [0.25, 0.3) is 0 Å². The first-order chi connectivity index (χ1) is 27.6. The van der Waals surface area contributed by atoms with Gasteiger partial charge in [0.25, 0.3) is 0 Å². The molecule has 0 aliphatic rings. The number of nitrogens with zero attached hydrogens (tertiary/aromatic N) is 1. The van der Waals surface area contributed by atoms with Crippen molar-refractivity contribution < 1.29 is 42.9 Å². The van der Waals surface area contributed by atoms with Crippen LogP contribution in [0.3, 0.4) is 0 Å². The molecule has 0 aliphatic carbocycles. The van der Waals surface area contributed by atoms with E-state index in [-0.39, 0.29) is 32.7 Å². The van der Waals surface area contributed by atoms with Crippen molar-refractivity contribution in [3.8, 4) is 0 Å². The van der Waals surface area contributed by atoms with Crippen LogP contribution >= 0.6 is 0 Å². The van der Waals surface area contributed by atoms with Crippen LogP contribution < -0.4 is 5.11 Å². The van der Waals surface area contributed by atoms with E-state index < -0.39 is 30.3 Å². The van der Waals surface area contributed by atoms with Gasteiger partial charge in [0.05, 0.1) is 40.3 Å². The molecule has 57 heavy (non-hydrogen) atoms. The third-order valence-corrected chi connectivity index (χ3v) is 8.64. The quantitative estimate of drug-likeness (QED) is 0.0200. The fourth-order valence-corrected chi connectivity index (χ4v) is 5.30. The Balaban J connectivity index is 4.53. The summed E-state index contributed by atoms with van der Waals surface area (Å²) in [5.74, 6) is -2.36. The molecule has 0 amide bonds. The van der Waals surface area contributed by atoms with E-state index in [2.05, 4.69) is 98.9 Å². The molecule has 0 spiro atoms. The Bertz CT molecular complexity index is 1210. The summed E-state index contributed by atoms with van der Waals surface area (Å²) in [7, 11) is 5.88. The molecule has 0 N–H and O–H groups in total. The number of rotatable bonds is 38. The molecular formula is C48H79NO8. The number of carboxylic acids is 1. The Morgan fingerprint density at radius 1 is 0.526 bits per heavy atom.